The summed E-state index contributed by atoms with van der Waals surface area (Å²) in [4.78, 5) is 14.4. The fourth-order valence-electron chi connectivity index (χ4n) is 2.85. The van der Waals surface area contributed by atoms with E-state index >= 15 is 0 Å². The second-order valence-corrected chi connectivity index (χ2v) is 5.75. The predicted octanol–water partition coefficient (Wildman–Crippen LogP) is 2.91. The van der Waals surface area contributed by atoms with Crippen molar-refractivity contribution in [1.29, 1.82) is 0 Å². The predicted molar refractivity (Wildman–Crippen MR) is 74.3 cm³/mol. The zero-order chi connectivity index (χ0) is 14.2. The molecule has 1 saturated heterocycles. The molecule has 2 rings (SSSR count). The third-order valence-electron chi connectivity index (χ3n) is 4.10. The van der Waals surface area contributed by atoms with E-state index in [1.807, 2.05) is 11.8 Å². The van der Waals surface area contributed by atoms with E-state index in [1.165, 1.54) is 18.2 Å². The van der Waals surface area contributed by atoms with Crippen molar-refractivity contribution in [3.8, 4) is 0 Å². The van der Waals surface area contributed by atoms with Crippen LogP contribution in [0.2, 0.25) is 0 Å². The second-order valence-electron chi connectivity index (χ2n) is 5.75. The maximum absolute atomic E-state index is 13.3. The lowest BCUT2D eigenvalue weighted by atomic mass is 9.85. The van der Waals surface area contributed by atoms with Gasteiger partial charge in [0.25, 0.3) is 5.91 Å². The first kappa shape index (κ1) is 13.8. The minimum absolute atomic E-state index is 0.159. The van der Waals surface area contributed by atoms with Gasteiger partial charge in [-0.05, 0) is 43.4 Å². The summed E-state index contributed by atoms with van der Waals surface area (Å²) in [5, 5.41) is 0. The van der Waals surface area contributed by atoms with Crippen LogP contribution < -0.4 is 5.73 Å². The van der Waals surface area contributed by atoms with E-state index in [0.29, 0.717) is 24.1 Å². The molecule has 0 aromatic heterocycles. The molecular formula is C15H21FN2O. The summed E-state index contributed by atoms with van der Waals surface area (Å²) in [7, 11) is 0. The number of likely N-dealkylation sites (tertiary alicyclic amines) is 1. The van der Waals surface area contributed by atoms with Crippen molar-refractivity contribution in [3.05, 3.63) is 29.6 Å². The summed E-state index contributed by atoms with van der Waals surface area (Å²) < 4.78 is 13.3. The van der Waals surface area contributed by atoms with Crippen molar-refractivity contribution in [3.63, 3.8) is 0 Å². The Morgan fingerprint density at radius 3 is 2.74 bits per heavy atom. The third kappa shape index (κ3) is 2.72. The number of benzene rings is 1. The molecule has 1 aliphatic rings. The molecule has 1 heterocycles. The van der Waals surface area contributed by atoms with E-state index in [9.17, 15) is 9.18 Å². The summed E-state index contributed by atoms with van der Waals surface area (Å²) in [6, 6.07) is 4.11. The topological polar surface area (TPSA) is 46.3 Å². The molecule has 1 aromatic rings. The van der Waals surface area contributed by atoms with Crippen molar-refractivity contribution in [2.45, 2.75) is 33.2 Å². The lowest BCUT2D eigenvalue weighted by Crippen LogP contribution is -2.49. The number of nitrogen functional groups attached to an aromatic ring is 1. The minimum Gasteiger partial charge on any atom is -0.398 e. The van der Waals surface area contributed by atoms with Crippen LogP contribution >= 0.6 is 0 Å². The molecule has 3 nitrogen and oxygen atoms in total. The van der Waals surface area contributed by atoms with Crippen LogP contribution in [-0.4, -0.2) is 23.4 Å². The molecule has 0 bridgehead atoms. The number of rotatable bonds is 1. The van der Waals surface area contributed by atoms with E-state index in [1.54, 1.807) is 0 Å². The van der Waals surface area contributed by atoms with Crippen molar-refractivity contribution in [1.82, 2.24) is 4.90 Å². The zero-order valence-electron chi connectivity index (χ0n) is 11.7. The first-order chi connectivity index (χ1) is 8.90. The van der Waals surface area contributed by atoms with Crippen LogP contribution in [0.5, 0.6) is 0 Å². The lowest BCUT2D eigenvalue weighted by Gasteiger charge is -2.41. The van der Waals surface area contributed by atoms with Crippen molar-refractivity contribution in [2.75, 3.05) is 12.3 Å². The number of amides is 1. The molecule has 104 valence electrons. The highest BCUT2D eigenvalue weighted by atomic mass is 19.1. The third-order valence-corrected chi connectivity index (χ3v) is 4.10. The number of nitrogens with two attached hydrogens (primary N) is 1. The van der Waals surface area contributed by atoms with Crippen LogP contribution in [0.3, 0.4) is 0 Å². The van der Waals surface area contributed by atoms with Crippen molar-refractivity contribution in [2.24, 2.45) is 11.8 Å². The molecule has 0 radical (unpaired) electrons. The molecule has 0 aliphatic carbocycles. The molecule has 2 N–H and O–H groups in total. The Hall–Kier alpha value is -1.58. The number of halogens is 1. The zero-order valence-corrected chi connectivity index (χ0v) is 11.7. The van der Waals surface area contributed by atoms with E-state index in [2.05, 4.69) is 13.8 Å². The molecule has 19 heavy (non-hydrogen) atoms. The number of carbonyl (C=O) groups is 1. The highest BCUT2D eigenvalue weighted by molar-refractivity contribution is 5.99. The first-order valence-electron chi connectivity index (χ1n) is 6.76. The van der Waals surface area contributed by atoms with Gasteiger partial charge < -0.3 is 10.6 Å². The Kier molecular flexibility index (Phi) is 3.78. The second kappa shape index (κ2) is 5.19. The van der Waals surface area contributed by atoms with Gasteiger partial charge in [0.1, 0.15) is 5.82 Å². The maximum atomic E-state index is 13.3. The first-order valence-corrected chi connectivity index (χ1v) is 6.76. The molecule has 4 heteroatoms. The van der Waals surface area contributed by atoms with Gasteiger partial charge in [0, 0.05) is 18.3 Å². The summed E-state index contributed by atoms with van der Waals surface area (Å²) >= 11 is 0. The molecule has 1 amide bonds. The smallest absolute Gasteiger partial charge is 0.256 e. The van der Waals surface area contributed by atoms with Crippen LogP contribution in [-0.2, 0) is 0 Å². The highest BCUT2D eigenvalue weighted by Crippen LogP contribution is 2.29. The summed E-state index contributed by atoms with van der Waals surface area (Å²) in [5.74, 6) is 0.318. The fraction of sp³-hybridized carbons (Fsp3) is 0.533. The van der Waals surface area contributed by atoms with Gasteiger partial charge in [0.2, 0.25) is 0 Å². The van der Waals surface area contributed by atoms with Crippen molar-refractivity contribution >= 4 is 11.6 Å². The van der Waals surface area contributed by atoms with Crippen LogP contribution in [0.4, 0.5) is 10.1 Å². The fourth-order valence-corrected chi connectivity index (χ4v) is 2.85. The van der Waals surface area contributed by atoms with Gasteiger partial charge >= 0.3 is 0 Å². The largest absolute Gasteiger partial charge is 0.398 e. The van der Waals surface area contributed by atoms with E-state index in [4.69, 9.17) is 5.73 Å². The van der Waals surface area contributed by atoms with Gasteiger partial charge in [-0.1, -0.05) is 13.8 Å². The number of anilines is 1. The standard InChI is InChI=1S/C15H21FN2O/c1-9-6-10(2)11(3)18(8-9)15(19)13-7-12(16)4-5-14(13)17/h4-5,7,9-11H,6,8,17H2,1-3H3. The Labute approximate surface area is 113 Å². The number of carbonyl (C=O) groups excluding carboxylic acids is 1. The average Bonchev–Trinajstić information content (AvgIpc) is 2.36. The van der Waals surface area contributed by atoms with Gasteiger partial charge in [0.15, 0.2) is 0 Å². The molecule has 1 aromatic carbocycles. The van der Waals surface area contributed by atoms with E-state index in [-0.39, 0.29) is 17.5 Å². The quantitative estimate of drug-likeness (QED) is 0.793. The van der Waals surface area contributed by atoms with Crippen LogP contribution in [0.1, 0.15) is 37.6 Å². The van der Waals surface area contributed by atoms with Crippen LogP contribution in [0, 0.1) is 17.7 Å². The monoisotopic (exact) mass is 264 g/mol. The lowest BCUT2D eigenvalue weighted by molar-refractivity contribution is 0.0456. The minimum atomic E-state index is -0.427. The summed E-state index contributed by atoms with van der Waals surface area (Å²) in [5.41, 5.74) is 6.41. The summed E-state index contributed by atoms with van der Waals surface area (Å²) in [6.07, 6.45) is 1.11. The van der Waals surface area contributed by atoms with E-state index in [0.717, 1.165) is 6.42 Å². The Balaban J connectivity index is 2.30. The van der Waals surface area contributed by atoms with Crippen LogP contribution in [0.15, 0.2) is 18.2 Å². The van der Waals surface area contributed by atoms with Crippen LogP contribution in [0.25, 0.3) is 0 Å². The average molecular weight is 264 g/mol. The van der Waals surface area contributed by atoms with Gasteiger partial charge in [0.05, 0.1) is 5.56 Å². The number of hydrogen-bond acceptors (Lipinski definition) is 2. The Bertz CT molecular complexity index is 489. The van der Waals surface area contributed by atoms with E-state index < -0.39 is 5.82 Å². The van der Waals surface area contributed by atoms with Crippen molar-refractivity contribution < 1.29 is 9.18 Å². The molecular weight excluding hydrogens is 243 g/mol. The summed E-state index contributed by atoms with van der Waals surface area (Å²) in [6.45, 7) is 7.04. The molecule has 3 atom stereocenters. The maximum Gasteiger partial charge on any atom is 0.256 e. The normalized spacial score (nSPS) is 27.4. The SMILES string of the molecule is CC1CC(C)C(C)N(C(=O)c2cc(F)ccc2N)C1. The Morgan fingerprint density at radius 1 is 1.37 bits per heavy atom. The number of hydrogen-bond donors (Lipinski definition) is 1. The van der Waals surface area contributed by atoms with Gasteiger partial charge in [-0.15, -0.1) is 0 Å². The molecule has 0 saturated carbocycles. The highest BCUT2D eigenvalue weighted by Gasteiger charge is 2.33. The Morgan fingerprint density at radius 2 is 2.05 bits per heavy atom. The molecule has 1 aliphatic heterocycles. The van der Waals surface area contributed by atoms with Gasteiger partial charge in [-0.2, -0.15) is 0 Å². The molecule has 1 fully saturated rings. The number of piperidine rings is 1. The number of nitrogens with zero attached hydrogens (tertiary/aromatic N) is 1. The molecule has 3 unspecified atom stereocenters. The molecule has 0 spiro atoms. The van der Waals surface area contributed by atoms with Gasteiger partial charge in [-0.25, -0.2) is 4.39 Å². The van der Waals surface area contributed by atoms with Gasteiger partial charge in [-0.3, -0.25) is 4.79 Å².